The van der Waals surface area contributed by atoms with Gasteiger partial charge >= 0.3 is 0 Å². The van der Waals surface area contributed by atoms with Crippen molar-refractivity contribution in [1.29, 1.82) is 0 Å². The van der Waals surface area contributed by atoms with Gasteiger partial charge in [0.15, 0.2) is 0 Å². The van der Waals surface area contributed by atoms with E-state index in [4.69, 9.17) is 27.9 Å². The van der Waals surface area contributed by atoms with E-state index in [0.29, 0.717) is 35.6 Å². The van der Waals surface area contributed by atoms with Crippen molar-refractivity contribution >= 4 is 40.9 Å². The molecule has 1 amide bonds. The Kier molecular flexibility index (Phi) is 8.30. The molecule has 0 aliphatic heterocycles. The Labute approximate surface area is 128 Å². The predicted octanol–water partition coefficient (Wildman–Crippen LogP) is 3.63. The number of rotatable bonds is 8. The zero-order chi connectivity index (χ0) is 14.1. The second-order valence-electron chi connectivity index (χ2n) is 3.76. The number of nitrogens with one attached hydrogen (secondary N) is 1. The molecule has 0 atom stereocenters. The number of hydrogen-bond donors (Lipinski definition) is 1. The Morgan fingerprint density at radius 1 is 1.42 bits per heavy atom. The van der Waals surface area contributed by atoms with Crippen LogP contribution >= 0.6 is 35.0 Å². The molecule has 0 saturated carbocycles. The summed E-state index contributed by atoms with van der Waals surface area (Å²) in [7, 11) is 0. The maximum absolute atomic E-state index is 11.6. The van der Waals surface area contributed by atoms with Gasteiger partial charge in [-0.15, -0.1) is 11.8 Å². The fourth-order valence-electron chi connectivity index (χ4n) is 1.33. The van der Waals surface area contributed by atoms with E-state index in [1.165, 1.54) is 11.8 Å². The largest absolute Gasteiger partial charge is 0.382 e. The van der Waals surface area contributed by atoms with Gasteiger partial charge in [0.1, 0.15) is 0 Å². The summed E-state index contributed by atoms with van der Waals surface area (Å²) >= 11 is 13.3. The molecule has 0 fully saturated rings. The summed E-state index contributed by atoms with van der Waals surface area (Å²) in [6, 6.07) is 5.21. The molecule has 0 bridgehead atoms. The van der Waals surface area contributed by atoms with Gasteiger partial charge in [0.2, 0.25) is 5.91 Å². The van der Waals surface area contributed by atoms with Crippen molar-refractivity contribution in [3.05, 3.63) is 28.2 Å². The molecule has 106 valence electrons. The predicted molar refractivity (Wildman–Crippen MR) is 81.3 cm³/mol. The van der Waals surface area contributed by atoms with Crippen LogP contribution in [0, 0.1) is 0 Å². The lowest BCUT2D eigenvalue weighted by Gasteiger charge is -2.06. The first-order valence-electron chi connectivity index (χ1n) is 6.05. The van der Waals surface area contributed by atoms with Gasteiger partial charge in [-0.3, -0.25) is 4.79 Å². The van der Waals surface area contributed by atoms with E-state index < -0.39 is 0 Å². The van der Waals surface area contributed by atoms with Crippen LogP contribution < -0.4 is 5.32 Å². The fraction of sp³-hybridized carbons (Fsp3) is 0.462. The van der Waals surface area contributed by atoms with E-state index in [1.807, 2.05) is 6.92 Å². The number of benzene rings is 1. The maximum Gasteiger partial charge on any atom is 0.230 e. The summed E-state index contributed by atoms with van der Waals surface area (Å²) < 4.78 is 5.18. The van der Waals surface area contributed by atoms with Gasteiger partial charge < -0.3 is 10.1 Å². The highest BCUT2D eigenvalue weighted by molar-refractivity contribution is 8.00. The monoisotopic (exact) mass is 321 g/mol. The average molecular weight is 322 g/mol. The molecule has 0 aromatic heterocycles. The number of carbonyl (C=O) groups excluding carboxylic acids is 1. The standard InChI is InChI=1S/C13H17Cl2NO2S/c1-2-18-7-3-6-16-13(17)9-19-12-8-10(14)4-5-11(12)15/h4-5,8H,2-3,6-7,9H2,1H3,(H,16,17). The zero-order valence-corrected chi connectivity index (χ0v) is 13.1. The molecule has 1 N–H and O–H groups in total. The first-order chi connectivity index (χ1) is 9.13. The molecule has 1 aromatic carbocycles. The molecule has 6 heteroatoms. The highest BCUT2D eigenvalue weighted by atomic mass is 35.5. The Balaban J connectivity index is 2.24. The molecule has 0 aliphatic carbocycles. The molecule has 0 aliphatic rings. The van der Waals surface area contributed by atoms with Crippen LogP contribution in [-0.2, 0) is 9.53 Å². The molecular formula is C13H17Cl2NO2S. The van der Waals surface area contributed by atoms with Crippen molar-refractivity contribution in [1.82, 2.24) is 5.32 Å². The third-order valence-electron chi connectivity index (χ3n) is 2.24. The smallest absolute Gasteiger partial charge is 0.230 e. The van der Waals surface area contributed by atoms with E-state index in [2.05, 4.69) is 5.32 Å². The molecule has 0 radical (unpaired) electrons. The highest BCUT2D eigenvalue weighted by Gasteiger charge is 2.06. The Hall–Kier alpha value is -0.420. The second kappa shape index (κ2) is 9.48. The first kappa shape index (κ1) is 16.6. The summed E-state index contributed by atoms with van der Waals surface area (Å²) in [4.78, 5) is 12.4. The van der Waals surface area contributed by atoms with Gasteiger partial charge in [0.05, 0.1) is 10.8 Å². The summed E-state index contributed by atoms with van der Waals surface area (Å²) in [6.45, 7) is 3.95. The summed E-state index contributed by atoms with van der Waals surface area (Å²) in [5.74, 6) is 0.312. The summed E-state index contributed by atoms with van der Waals surface area (Å²) in [5, 5.41) is 4.05. The minimum Gasteiger partial charge on any atom is -0.382 e. The molecular weight excluding hydrogens is 305 g/mol. The lowest BCUT2D eigenvalue weighted by Crippen LogP contribution is -2.26. The van der Waals surface area contributed by atoms with E-state index in [1.54, 1.807) is 18.2 Å². The Morgan fingerprint density at radius 2 is 2.21 bits per heavy atom. The van der Waals surface area contributed by atoms with Gasteiger partial charge in [-0.2, -0.15) is 0 Å². The normalized spacial score (nSPS) is 10.5. The van der Waals surface area contributed by atoms with Crippen molar-refractivity contribution in [3.63, 3.8) is 0 Å². The highest BCUT2D eigenvalue weighted by Crippen LogP contribution is 2.29. The van der Waals surface area contributed by atoms with E-state index in [0.717, 1.165) is 11.3 Å². The van der Waals surface area contributed by atoms with E-state index in [-0.39, 0.29) is 5.91 Å². The number of carbonyl (C=O) groups is 1. The molecule has 0 spiro atoms. The fourth-order valence-corrected chi connectivity index (χ4v) is 2.65. The maximum atomic E-state index is 11.6. The number of thioether (sulfide) groups is 1. The van der Waals surface area contributed by atoms with Gasteiger partial charge in [-0.05, 0) is 31.5 Å². The number of amides is 1. The van der Waals surface area contributed by atoms with Crippen molar-refractivity contribution < 1.29 is 9.53 Å². The summed E-state index contributed by atoms with van der Waals surface area (Å²) in [5.41, 5.74) is 0. The van der Waals surface area contributed by atoms with Gasteiger partial charge in [-0.25, -0.2) is 0 Å². The average Bonchev–Trinajstić information content (AvgIpc) is 2.39. The van der Waals surface area contributed by atoms with Crippen molar-refractivity contribution in [3.8, 4) is 0 Å². The van der Waals surface area contributed by atoms with Crippen LogP contribution in [0.15, 0.2) is 23.1 Å². The van der Waals surface area contributed by atoms with Crippen LogP contribution in [0.1, 0.15) is 13.3 Å². The minimum atomic E-state index is -0.0162. The van der Waals surface area contributed by atoms with Crippen molar-refractivity contribution in [2.45, 2.75) is 18.2 Å². The van der Waals surface area contributed by atoms with E-state index in [9.17, 15) is 4.79 Å². The SMILES string of the molecule is CCOCCCNC(=O)CSc1cc(Cl)ccc1Cl. The van der Waals surface area contributed by atoms with Crippen LogP contribution in [0.2, 0.25) is 10.0 Å². The molecule has 1 rings (SSSR count). The second-order valence-corrected chi connectivity index (χ2v) is 5.62. The molecule has 19 heavy (non-hydrogen) atoms. The molecule has 0 heterocycles. The number of ether oxygens (including phenoxy) is 1. The van der Waals surface area contributed by atoms with Crippen LogP contribution in [0.5, 0.6) is 0 Å². The molecule has 0 saturated heterocycles. The van der Waals surface area contributed by atoms with Crippen LogP contribution in [0.3, 0.4) is 0 Å². The molecule has 1 aromatic rings. The zero-order valence-electron chi connectivity index (χ0n) is 10.7. The third-order valence-corrected chi connectivity index (χ3v) is 3.98. The quantitative estimate of drug-likeness (QED) is 0.587. The minimum absolute atomic E-state index is 0.0162. The lowest BCUT2D eigenvalue weighted by atomic mass is 10.4. The Morgan fingerprint density at radius 3 is 2.95 bits per heavy atom. The number of hydrogen-bond acceptors (Lipinski definition) is 3. The first-order valence-corrected chi connectivity index (χ1v) is 7.80. The van der Waals surface area contributed by atoms with Gasteiger partial charge in [0.25, 0.3) is 0 Å². The topological polar surface area (TPSA) is 38.3 Å². The molecule has 3 nitrogen and oxygen atoms in total. The third kappa shape index (κ3) is 7.06. The van der Waals surface area contributed by atoms with Crippen LogP contribution in [-0.4, -0.2) is 31.4 Å². The molecule has 0 unspecified atom stereocenters. The van der Waals surface area contributed by atoms with Crippen LogP contribution in [0.4, 0.5) is 0 Å². The number of halogens is 2. The van der Waals surface area contributed by atoms with Crippen molar-refractivity contribution in [2.75, 3.05) is 25.5 Å². The van der Waals surface area contributed by atoms with Gasteiger partial charge in [0, 0.05) is 29.7 Å². The van der Waals surface area contributed by atoms with E-state index >= 15 is 0 Å². The Bertz CT molecular complexity index is 416. The van der Waals surface area contributed by atoms with Crippen molar-refractivity contribution in [2.24, 2.45) is 0 Å². The van der Waals surface area contributed by atoms with Crippen LogP contribution in [0.25, 0.3) is 0 Å². The van der Waals surface area contributed by atoms with Gasteiger partial charge in [-0.1, -0.05) is 23.2 Å². The lowest BCUT2D eigenvalue weighted by molar-refractivity contribution is -0.118. The summed E-state index contributed by atoms with van der Waals surface area (Å²) in [6.07, 6.45) is 0.822.